The lowest BCUT2D eigenvalue weighted by molar-refractivity contribution is -0.120. The fourth-order valence-electron chi connectivity index (χ4n) is 3.78. The van der Waals surface area contributed by atoms with E-state index in [-0.39, 0.29) is 29.9 Å². The Morgan fingerprint density at radius 3 is 2.70 bits per heavy atom. The number of aryl methyl sites for hydroxylation is 1. The van der Waals surface area contributed by atoms with Crippen molar-refractivity contribution in [1.82, 2.24) is 20.0 Å². The molecule has 2 heterocycles. The highest BCUT2D eigenvalue weighted by Crippen LogP contribution is 2.43. The molecule has 0 bridgehead atoms. The van der Waals surface area contributed by atoms with Gasteiger partial charge in [0.05, 0.1) is 11.9 Å². The van der Waals surface area contributed by atoms with Gasteiger partial charge in [-0.05, 0) is 24.7 Å². The van der Waals surface area contributed by atoms with Crippen molar-refractivity contribution in [2.75, 3.05) is 51.8 Å². The smallest absolute Gasteiger partial charge is 0.246 e. The molecule has 3 rings (SSSR count). The zero-order valence-electron chi connectivity index (χ0n) is 16.5. The van der Waals surface area contributed by atoms with Crippen LogP contribution in [0.3, 0.4) is 0 Å². The maximum atomic E-state index is 12.6. The maximum absolute atomic E-state index is 12.6. The number of hydrogen-bond acceptors (Lipinski definition) is 4. The molecule has 1 aliphatic heterocycles. The molecule has 0 spiro atoms. The number of anilines is 1. The van der Waals surface area contributed by atoms with Crippen molar-refractivity contribution in [3.8, 4) is 0 Å². The van der Waals surface area contributed by atoms with E-state index < -0.39 is 0 Å². The Hall–Kier alpha value is -1.36. The Morgan fingerprint density at radius 2 is 2.19 bits per heavy atom. The number of nitrogens with zero attached hydrogens (tertiary/aromatic N) is 5. The third-order valence-corrected chi connectivity index (χ3v) is 5.61. The van der Waals surface area contributed by atoms with E-state index in [1.807, 2.05) is 18.1 Å². The van der Waals surface area contributed by atoms with Gasteiger partial charge < -0.3 is 19.9 Å². The summed E-state index contributed by atoms with van der Waals surface area (Å²) in [6.45, 7) is 3.41. The molecule has 1 saturated heterocycles. The molecule has 0 atom stereocenters. The average Bonchev–Trinajstić information content (AvgIpc) is 3.03. The Labute approximate surface area is 178 Å². The van der Waals surface area contributed by atoms with E-state index in [1.54, 1.807) is 29.9 Å². The molecular weight excluding hydrogens is 459 g/mol. The standard InChI is InChI=1S/C18H30N6O2.HI/c1-19-17(20-14-18(5-4-6-18)7-10-26-3)23-8-9-24(16(25)13-23)15-11-21-22(2)12-15;/h11-12H,4-10,13-14H2,1-3H3,(H,19,20);1H. The number of methoxy groups -OCH3 is 1. The van der Waals surface area contributed by atoms with Crippen molar-refractivity contribution in [2.45, 2.75) is 25.7 Å². The summed E-state index contributed by atoms with van der Waals surface area (Å²) < 4.78 is 6.98. The van der Waals surface area contributed by atoms with Crippen LogP contribution >= 0.6 is 24.0 Å². The number of piperazine rings is 1. The molecule has 1 aliphatic carbocycles. The average molecular weight is 490 g/mol. The molecule has 9 heteroatoms. The first-order chi connectivity index (χ1) is 12.6. The van der Waals surface area contributed by atoms with Gasteiger partial charge in [0.15, 0.2) is 5.96 Å². The van der Waals surface area contributed by atoms with Gasteiger partial charge in [-0.2, -0.15) is 5.10 Å². The first-order valence-corrected chi connectivity index (χ1v) is 9.30. The van der Waals surface area contributed by atoms with Crippen LogP contribution in [0.4, 0.5) is 5.69 Å². The third kappa shape index (κ3) is 5.13. The lowest BCUT2D eigenvalue weighted by Gasteiger charge is -2.43. The Kier molecular flexibility index (Phi) is 7.90. The first-order valence-electron chi connectivity index (χ1n) is 9.30. The van der Waals surface area contributed by atoms with Gasteiger partial charge in [0.25, 0.3) is 0 Å². The quantitative estimate of drug-likeness (QED) is 0.372. The molecule has 8 nitrogen and oxygen atoms in total. The molecule has 0 unspecified atom stereocenters. The second-order valence-electron chi connectivity index (χ2n) is 7.34. The van der Waals surface area contributed by atoms with E-state index in [4.69, 9.17) is 4.74 Å². The largest absolute Gasteiger partial charge is 0.385 e. The third-order valence-electron chi connectivity index (χ3n) is 5.61. The Balaban J connectivity index is 0.00000261. The van der Waals surface area contributed by atoms with Gasteiger partial charge in [-0.15, -0.1) is 24.0 Å². The molecule has 1 aromatic heterocycles. The monoisotopic (exact) mass is 490 g/mol. The lowest BCUT2D eigenvalue weighted by Crippen LogP contribution is -2.56. The number of rotatable bonds is 6. The number of amides is 1. The predicted octanol–water partition coefficient (Wildman–Crippen LogP) is 1.47. The second kappa shape index (κ2) is 9.72. The molecule has 1 N–H and O–H groups in total. The minimum absolute atomic E-state index is 0. The molecule has 2 fully saturated rings. The van der Waals surface area contributed by atoms with Crippen LogP contribution in [-0.4, -0.2) is 73.5 Å². The van der Waals surface area contributed by atoms with Gasteiger partial charge in [-0.1, -0.05) is 6.42 Å². The lowest BCUT2D eigenvalue weighted by atomic mass is 9.67. The van der Waals surface area contributed by atoms with Crippen molar-refractivity contribution < 1.29 is 9.53 Å². The fraction of sp³-hybridized carbons (Fsp3) is 0.722. The van der Waals surface area contributed by atoms with Crippen LogP contribution in [0.5, 0.6) is 0 Å². The highest BCUT2D eigenvalue weighted by Gasteiger charge is 2.37. The molecular formula is C18H31IN6O2. The number of carbonyl (C=O) groups is 1. The van der Waals surface area contributed by atoms with Crippen LogP contribution in [0.2, 0.25) is 0 Å². The summed E-state index contributed by atoms with van der Waals surface area (Å²) in [6, 6.07) is 0. The molecule has 1 aromatic rings. The van der Waals surface area contributed by atoms with Gasteiger partial charge in [0.1, 0.15) is 6.54 Å². The Morgan fingerprint density at radius 1 is 1.41 bits per heavy atom. The van der Waals surface area contributed by atoms with Gasteiger partial charge in [-0.25, -0.2) is 0 Å². The minimum atomic E-state index is 0. The van der Waals surface area contributed by atoms with Crippen LogP contribution in [0.25, 0.3) is 0 Å². The fourth-order valence-corrected chi connectivity index (χ4v) is 3.78. The molecule has 1 amide bonds. The number of carbonyl (C=O) groups excluding carboxylic acids is 1. The summed E-state index contributed by atoms with van der Waals surface area (Å²) in [6.07, 6.45) is 8.42. The number of nitrogens with one attached hydrogen (secondary N) is 1. The topological polar surface area (TPSA) is 75.0 Å². The minimum Gasteiger partial charge on any atom is -0.385 e. The molecule has 27 heavy (non-hydrogen) atoms. The highest BCUT2D eigenvalue weighted by molar-refractivity contribution is 14.0. The number of guanidine groups is 1. The number of halogens is 1. The Bertz CT molecular complexity index is 658. The summed E-state index contributed by atoms with van der Waals surface area (Å²) in [7, 11) is 5.39. The summed E-state index contributed by atoms with van der Waals surface area (Å²) in [5.74, 6) is 0.887. The van der Waals surface area contributed by atoms with Gasteiger partial charge in [-0.3, -0.25) is 14.5 Å². The van der Waals surface area contributed by atoms with E-state index in [0.29, 0.717) is 18.5 Å². The van der Waals surface area contributed by atoms with Gasteiger partial charge in [0.2, 0.25) is 5.91 Å². The SMILES string of the molecule is CN=C(NCC1(CCOC)CCC1)N1CCN(c2cnn(C)c2)C(=O)C1.I. The van der Waals surface area contributed by atoms with Gasteiger partial charge >= 0.3 is 0 Å². The van der Waals surface area contributed by atoms with E-state index in [2.05, 4.69) is 15.4 Å². The van der Waals surface area contributed by atoms with E-state index in [9.17, 15) is 4.79 Å². The number of aromatic nitrogens is 2. The zero-order valence-corrected chi connectivity index (χ0v) is 18.8. The summed E-state index contributed by atoms with van der Waals surface area (Å²) in [5.41, 5.74) is 1.17. The van der Waals surface area contributed by atoms with E-state index in [0.717, 1.165) is 37.8 Å². The summed E-state index contributed by atoms with van der Waals surface area (Å²) in [5, 5.41) is 7.66. The van der Waals surface area contributed by atoms with E-state index >= 15 is 0 Å². The summed E-state index contributed by atoms with van der Waals surface area (Å²) >= 11 is 0. The van der Waals surface area contributed by atoms with Crippen LogP contribution in [-0.2, 0) is 16.6 Å². The van der Waals surface area contributed by atoms with Crippen molar-refractivity contribution in [3.63, 3.8) is 0 Å². The van der Waals surface area contributed by atoms with Crippen molar-refractivity contribution >= 4 is 41.5 Å². The zero-order chi connectivity index (χ0) is 18.6. The van der Waals surface area contributed by atoms with E-state index in [1.165, 1.54) is 19.3 Å². The first kappa shape index (κ1) is 21.9. The van der Waals surface area contributed by atoms with Crippen molar-refractivity contribution in [1.29, 1.82) is 0 Å². The van der Waals surface area contributed by atoms with Crippen LogP contribution in [0.15, 0.2) is 17.4 Å². The van der Waals surface area contributed by atoms with Crippen molar-refractivity contribution in [2.24, 2.45) is 17.5 Å². The second-order valence-corrected chi connectivity index (χ2v) is 7.34. The predicted molar refractivity (Wildman–Crippen MR) is 117 cm³/mol. The van der Waals surface area contributed by atoms with Crippen LogP contribution < -0.4 is 10.2 Å². The molecule has 152 valence electrons. The molecule has 0 radical (unpaired) electrons. The normalized spacial score (nSPS) is 19.5. The van der Waals surface area contributed by atoms with Crippen molar-refractivity contribution in [3.05, 3.63) is 12.4 Å². The number of hydrogen-bond donors (Lipinski definition) is 1. The number of aliphatic imine (C=N–C) groups is 1. The van der Waals surface area contributed by atoms with Crippen LogP contribution in [0.1, 0.15) is 25.7 Å². The molecule has 1 saturated carbocycles. The number of ether oxygens (including phenoxy) is 1. The van der Waals surface area contributed by atoms with Crippen LogP contribution in [0, 0.1) is 5.41 Å². The molecule has 0 aromatic carbocycles. The van der Waals surface area contributed by atoms with Gasteiger partial charge in [0, 0.05) is 53.6 Å². The molecule has 2 aliphatic rings. The maximum Gasteiger partial charge on any atom is 0.246 e. The summed E-state index contributed by atoms with van der Waals surface area (Å²) in [4.78, 5) is 20.8. The highest BCUT2D eigenvalue weighted by atomic mass is 127.